The second kappa shape index (κ2) is 10.1. The molecule has 1 aromatic heterocycles. The number of benzene rings is 6. The SMILES string of the molecule is CC1(C)c2ccccc2-c2ccc3c(c21)N(c1ccc(N(c2ccccc2)c2ccccc2)cc1)C1C=c2oc4ccccc4c2=CC31. The van der Waals surface area contributed by atoms with Crippen LogP contribution in [-0.2, 0) is 5.41 Å². The summed E-state index contributed by atoms with van der Waals surface area (Å²) >= 11 is 0. The van der Waals surface area contributed by atoms with Gasteiger partial charge in [0.25, 0.3) is 0 Å². The van der Waals surface area contributed by atoms with Crippen LogP contribution < -0.4 is 20.4 Å². The van der Waals surface area contributed by atoms with Crippen molar-refractivity contribution in [3.63, 3.8) is 0 Å². The first kappa shape index (κ1) is 27.3. The minimum absolute atomic E-state index is 0.0873. The number of nitrogens with zero attached hydrogens (tertiary/aromatic N) is 2. The zero-order valence-electron chi connectivity index (χ0n) is 27.0. The molecule has 3 aliphatic rings. The summed E-state index contributed by atoms with van der Waals surface area (Å²) in [7, 11) is 0. The van der Waals surface area contributed by atoms with Crippen LogP contribution in [0.1, 0.15) is 36.5 Å². The van der Waals surface area contributed by atoms with Gasteiger partial charge in [0.1, 0.15) is 11.0 Å². The lowest BCUT2D eigenvalue weighted by atomic mass is 9.80. The van der Waals surface area contributed by atoms with Gasteiger partial charge in [-0.25, -0.2) is 0 Å². The Bertz CT molecular complexity index is 2450. The monoisotopic (exact) mass is 618 g/mol. The van der Waals surface area contributed by atoms with Crippen molar-refractivity contribution < 1.29 is 4.42 Å². The Balaban J connectivity index is 1.18. The summed E-state index contributed by atoms with van der Waals surface area (Å²) in [4.78, 5) is 4.92. The first-order chi connectivity index (χ1) is 23.6. The fourth-order valence-corrected chi connectivity index (χ4v) is 8.63. The third-order valence-corrected chi connectivity index (χ3v) is 10.7. The quantitative estimate of drug-likeness (QED) is 0.196. The van der Waals surface area contributed by atoms with Gasteiger partial charge in [-0.2, -0.15) is 0 Å². The highest BCUT2D eigenvalue weighted by Crippen LogP contribution is 2.59. The largest absolute Gasteiger partial charge is 0.456 e. The molecule has 0 amide bonds. The van der Waals surface area contributed by atoms with Crippen molar-refractivity contribution >= 4 is 51.6 Å². The second-order valence-corrected chi connectivity index (χ2v) is 13.7. The molecule has 3 nitrogen and oxygen atoms in total. The van der Waals surface area contributed by atoms with E-state index in [4.69, 9.17) is 4.42 Å². The highest BCUT2D eigenvalue weighted by Gasteiger charge is 2.46. The van der Waals surface area contributed by atoms with E-state index in [1.807, 2.05) is 0 Å². The van der Waals surface area contributed by atoms with Crippen LogP contribution in [0.15, 0.2) is 150 Å². The number of fused-ring (bicyclic) bond motifs is 10. The molecule has 2 unspecified atom stereocenters. The lowest BCUT2D eigenvalue weighted by molar-refractivity contribution is 0.567. The van der Waals surface area contributed by atoms with E-state index >= 15 is 0 Å². The third kappa shape index (κ3) is 3.82. The van der Waals surface area contributed by atoms with Crippen molar-refractivity contribution in [2.24, 2.45) is 0 Å². The van der Waals surface area contributed by atoms with Gasteiger partial charge in [-0.3, -0.25) is 0 Å². The smallest absolute Gasteiger partial charge is 0.135 e. The predicted octanol–water partition coefficient (Wildman–Crippen LogP) is 10.1. The molecule has 0 fully saturated rings. The Morgan fingerprint density at radius 3 is 2.00 bits per heavy atom. The van der Waals surface area contributed by atoms with Gasteiger partial charge >= 0.3 is 0 Å². The first-order valence-corrected chi connectivity index (χ1v) is 16.9. The van der Waals surface area contributed by atoms with Crippen LogP contribution >= 0.6 is 0 Å². The Labute approximate surface area is 280 Å². The molecular formula is C45H34N2O. The number of anilines is 5. The molecule has 2 heterocycles. The molecule has 230 valence electrons. The first-order valence-electron chi connectivity index (χ1n) is 16.9. The van der Waals surface area contributed by atoms with Crippen LogP contribution in [0.4, 0.5) is 28.4 Å². The van der Waals surface area contributed by atoms with E-state index < -0.39 is 0 Å². The van der Waals surface area contributed by atoms with Crippen LogP contribution in [0, 0.1) is 0 Å². The molecular weight excluding hydrogens is 585 g/mol. The van der Waals surface area contributed by atoms with Crippen LogP contribution in [0.3, 0.4) is 0 Å². The van der Waals surface area contributed by atoms with E-state index in [9.17, 15) is 0 Å². The van der Waals surface area contributed by atoms with Gasteiger partial charge in [-0.15, -0.1) is 0 Å². The summed E-state index contributed by atoms with van der Waals surface area (Å²) in [6.07, 6.45) is 4.84. The minimum atomic E-state index is -0.139. The molecule has 10 rings (SSSR count). The van der Waals surface area contributed by atoms with Gasteiger partial charge in [0, 0.05) is 44.7 Å². The number of hydrogen-bond donors (Lipinski definition) is 0. The average molecular weight is 619 g/mol. The van der Waals surface area contributed by atoms with Crippen molar-refractivity contribution in [1.82, 2.24) is 0 Å². The number of rotatable bonds is 4. The number of para-hydroxylation sites is 3. The topological polar surface area (TPSA) is 19.6 Å². The molecule has 48 heavy (non-hydrogen) atoms. The molecule has 0 spiro atoms. The van der Waals surface area contributed by atoms with Crippen LogP contribution in [0.5, 0.6) is 0 Å². The lowest BCUT2D eigenvalue weighted by Crippen LogP contribution is -2.37. The summed E-state index contributed by atoms with van der Waals surface area (Å²) in [6, 6.07) is 52.6. The van der Waals surface area contributed by atoms with Crippen LogP contribution in [0.25, 0.3) is 34.2 Å². The number of furan rings is 1. The Kier molecular flexibility index (Phi) is 5.75. The van der Waals surface area contributed by atoms with Gasteiger partial charge in [-0.05, 0) is 88.5 Å². The van der Waals surface area contributed by atoms with Gasteiger partial charge in [0.2, 0.25) is 0 Å². The van der Waals surface area contributed by atoms with Gasteiger partial charge in [0.05, 0.1) is 11.7 Å². The van der Waals surface area contributed by atoms with Gasteiger partial charge in [0.15, 0.2) is 0 Å². The van der Waals surface area contributed by atoms with Crippen molar-refractivity contribution in [2.45, 2.75) is 31.2 Å². The van der Waals surface area contributed by atoms with E-state index in [1.54, 1.807) is 0 Å². The predicted molar refractivity (Wildman–Crippen MR) is 198 cm³/mol. The molecule has 6 aromatic carbocycles. The molecule has 0 saturated heterocycles. The highest BCUT2D eigenvalue weighted by molar-refractivity contribution is 5.94. The van der Waals surface area contributed by atoms with E-state index in [-0.39, 0.29) is 17.4 Å². The zero-order chi connectivity index (χ0) is 32.0. The Morgan fingerprint density at radius 2 is 1.25 bits per heavy atom. The van der Waals surface area contributed by atoms with E-state index in [0.29, 0.717) is 0 Å². The van der Waals surface area contributed by atoms with Gasteiger partial charge < -0.3 is 14.2 Å². The molecule has 0 radical (unpaired) electrons. The van der Waals surface area contributed by atoms with Gasteiger partial charge in [-0.1, -0.05) is 111 Å². The van der Waals surface area contributed by atoms with Crippen LogP contribution in [0.2, 0.25) is 0 Å². The summed E-state index contributed by atoms with van der Waals surface area (Å²) < 4.78 is 6.49. The molecule has 0 N–H and O–H groups in total. The van der Waals surface area contributed by atoms with Crippen LogP contribution in [-0.4, -0.2) is 6.04 Å². The molecule has 0 bridgehead atoms. The normalized spacial score (nSPS) is 17.8. The third-order valence-electron chi connectivity index (χ3n) is 10.7. The molecule has 7 aromatic rings. The molecule has 0 saturated carbocycles. The van der Waals surface area contributed by atoms with Crippen molar-refractivity contribution in [1.29, 1.82) is 0 Å². The lowest BCUT2D eigenvalue weighted by Gasteiger charge is -2.33. The van der Waals surface area contributed by atoms with E-state index in [0.717, 1.165) is 28.1 Å². The second-order valence-electron chi connectivity index (χ2n) is 13.7. The van der Waals surface area contributed by atoms with Crippen molar-refractivity contribution in [3.8, 4) is 11.1 Å². The standard InChI is InChI=1S/C45H34N2O/c1-45(2)39-19-11-9-17-33(39)35-25-26-36-37-27-38-34-18-10-12-20-41(34)48-42(38)28-40(37)47(44(36)43(35)45)32-23-21-31(22-24-32)46(29-13-5-3-6-14-29)30-15-7-4-8-16-30/h3-28,37,40H,1-2H3. The fourth-order valence-electron chi connectivity index (χ4n) is 8.63. The fraction of sp³-hybridized carbons (Fsp3) is 0.111. The van der Waals surface area contributed by atoms with Crippen molar-refractivity contribution in [3.05, 3.63) is 173 Å². The molecule has 1 aliphatic heterocycles. The Hall–Kier alpha value is -5.80. The molecule has 2 aliphatic carbocycles. The molecule has 2 atom stereocenters. The number of hydrogen-bond acceptors (Lipinski definition) is 3. The maximum atomic E-state index is 6.49. The average Bonchev–Trinajstić information content (AvgIpc) is 3.73. The summed E-state index contributed by atoms with van der Waals surface area (Å²) in [5.41, 5.74) is 14.5. The van der Waals surface area contributed by atoms with E-state index in [1.165, 1.54) is 49.8 Å². The Morgan fingerprint density at radius 1 is 0.604 bits per heavy atom. The zero-order valence-corrected chi connectivity index (χ0v) is 27.0. The summed E-state index contributed by atoms with van der Waals surface area (Å²) in [6.45, 7) is 4.79. The highest BCUT2D eigenvalue weighted by atomic mass is 16.3. The summed E-state index contributed by atoms with van der Waals surface area (Å²) in [5.74, 6) is 0.197. The maximum Gasteiger partial charge on any atom is 0.135 e. The van der Waals surface area contributed by atoms with E-state index in [2.05, 4.69) is 181 Å². The summed E-state index contributed by atoms with van der Waals surface area (Å²) in [5, 5.41) is 2.39. The molecule has 3 heteroatoms. The maximum absolute atomic E-state index is 6.49. The minimum Gasteiger partial charge on any atom is -0.456 e. The van der Waals surface area contributed by atoms with Crippen molar-refractivity contribution in [2.75, 3.05) is 9.80 Å².